The van der Waals surface area contributed by atoms with Crippen molar-refractivity contribution >= 4 is 0 Å². The molecule has 2 fully saturated rings. The molecule has 1 unspecified atom stereocenters. The van der Waals surface area contributed by atoms with Crippen molar-refractivity contribution in [1.29, 1.82) is 0 Å². The van der Waals surface area contributed by atoms with Gasteiger partial charge in [-0.25, -0.2) is 0 Å². The quantitative estimate of drug-likeness (QED) is 0.695. The monoisotopic (exact) mass is 182 g/mol. The van der Waals surface area contributed by atoms with Crippen LogP contribution in [0.3, 0.4) is 0 Å². The summed E-state index contributed by atoms with van der Waals surface area (Å²) in [4.78, 5) is 0. The van der Waals surface area contributed by atoms with Crippen molar-refractivity contribution in [3.05, 3.63) is 0 Å². The Hall–Kier alpha value is -0.0400. The average molecular weight is 182 g/mol. The lowest BCUT2D eigenvalue weighted by Crippen LogP contribution is -2.26. The number of rotatable bonds is 2. The minimum Gasteiger partial charge on any atom is -0.390 e. The Morgan fingerprint density at radius 2 is 1.92 bits per heavy atom. The standard InChI is InChI=1S/C12H22O/c1-11(2)5-3-4-10(8-11)9-12(13)6-7-12/h10,13H,3-9H2,1-2H3. The largest absolute Gasteiger partial charge is 0.390 e. The summed E-state index contributed by atoms with van der Waals surface area (Å²) in [6.07, 6.45) is 8.63. The maximum absolute atomic E-state index is 9.85. The van der Waals surface area contributed by atoms with E-state index in [1.165, 1.54) is 25.7 Å². The molecule has 0 saturated heterocycles. The Labute approximate surface area is 81.5 Å². The predicted molar refractivity (Wildman–Crippen MR) is 54.5 cm³/mol. The van der Waals surface area contributed by atoms with Gasteiger partial charge in [0.1, 0.15) is 0 Å². The second-order valence-corrected chi connectivity index (χ2v) is 6.06. The molecule has 0 radical (unpaired) electrons. The molecular weight excluding hydrogens is 160 g/mol. The zero-order valence-corrected chi connectivity index (χ0v) is 8.97. The summed E-state index contributed by atoms with van der Waals surface area (Å²) in [5, 5.41) is 9.85. The van der Waals surface area contributed by atoms with Gasteiger partial charge in [0.25, 0.3) is 0 Å². The van der Waals surface area contributed by atoms with E-state index < -0.39 is 0 Å². The average Bonchev–Trinajstić information content (AvgIpc) is 2.65. The van der Waals surface area contributed by atoms with Gasteiger partial charge in [-0.05, 0) is 43.4 Å². The van der Waals surface area contributed by atoms with Gasteiger partial charge in [-0.1, -0.05) is 26.7 Å². The highest BCUT2D eigenvalue weighted by molar-refractivity contribution is 4.96. The highest BCUT2D eigenvalue weighted by Gasteiger charge is 2.43. The Kier molecular flexibility index (Phi) is 2.18. The Morgan fingerprint density at radius 1 is 1.23 bits per heavy atom. The first-order valence-corrected chi connectivity index (χ1v) is 5.72. The van der Waals surface area contributed by atoms with E-state index in [1.807, 2.05) is 0 Å². The van der Waals surface area contributed by atoms with Gasteiger partial charge in [-0.3, -0.25) is 0 Å². The van der Waals surface area contributed by atoms with E-state index in [1.54, 1.807) is 0 Å². The first-order chi connectivity index (χ1) is 5.99. The van der Waals surface area contributed by atoms with Gasteiger partial charge >= 0.3 is 0 Å². The third-order valence-electron chi connectivity index (χ3n) is 3.80. The van der Waals surface area contributed by atoms with Crippen molar-refractivity contribution in [2.24, 2.45) is 11.3 Å². The molecule has 2 saturated carbocycles. The van der Waals surface area contributed by atoms with Gasteiger partial charge < -0.3 is 5.11 Å². The van der Waals surface area contributed by atoms with Gasteiger partial charge in [0, 0.05) is 0 Å². The SMILES string of the molecule is CC1(C)CCCC(CC2(O)CC2)C1. The zero-order chi connectivity index (χ0) is 9.53. The van der Waals surface area contributed by atoms with Crippen molar-refractivity contribution in [1.82, 2.24) is 0 Å². The smallest absolute Gasteiger partial charge is 0.0652 e. The Balaban J connectivity index is 1.86. The highest BCUT2D eigenvalue weighted by Crippen LogP contribution is 2.47. The molecule has 76 valence electrons. The van der Waals surface area contributed by atoms with E-state index in [4.69, 9.17) is 0 Å². The molecule has 13 heavy (non-hydrogen) atoms. The maximum atomic E-state index is 9.85. The molecule has 0 spiro atoms. The van der Waals surface area contributed by atoms with Gasteiger partial charge in [-0.2, -0.15) is 0 Å². The molecule has 0 aromatic carbocycles. The lowest BCUT2D eigenvalue weighted by atomic mass is 9.70. The highest BCUT2D eigenvalue weighted by atomic mass is 16.3. The second-order valence-electron chi connectivity index (χ2n) is 6.06. The van der Waals surface area contributed by atoms with Crippen molar-refractivity contribution in [2.75, 3.05) is 0 Å². The molecule has 0 aromatic heterocycles. The van der Waals surface area contributed by atoms with E-state index in [0.717, 1.165) is 25.2 Å². The third-order valence-corrected chi connectivity index (χ3v) is 3.80. The van der Waals surface area contributed by atoms with Crippen LogP contribution in [0.25, 0.3) is 0 Å². The molecule has 1 atom stereocenters. The summed E-state index contributed by atoms with van der Waals surface area (Å²) in [5.74, 6) is 0.802. The van der Waals surface area contributed by atoms with Gasteiger partial charge in [-0.15, -0.1) is 0 Å². The lowest BCUT2D eigenvalue weighted by molar-refractivity contribution is 0.0821. The van der Waals surface area contributed by atoms with Crippen LogP contribution >= 0.6 is 0 Å². The van der Waals surface area contributed by atoms with E-state index in [-0.39, 0.29) is 5.60 Å². The van der Waals surface area contributed by atoms with Gasteiger partial charge in [0.15, 0.2) is 0 Å². The van der Waals surface area contributed by atoms with E-state index in [9.17, 15) is 5.11 Å². The summed E-state index contributed by atoms with van der Waals surface area (Å²) in [6.45, 7) is 4.74. The Morgan fingerprint density at radius 3 is 2.46 bits per heavy atom. The molecule has 0 aliphatic heterocycles. The fourth-order valence-electron chi connectivity index (χ4n) is 2.91. The summed E-state index contributed by atoms with van der Waals surface area (Å²) >= 11 is 0. The predicted octanol–water partition coefficient (Wildman–Crippen LogP) is 3.12. The molecule has 2 aliphatic carbocycles. The molecule has 2 aliphatic rings. The molecule has 0 bridgehead atoms. The minimum absolute atomic E-state index is 0.224. The second kappa shape index (κ2) is 2.98. The first kappa shape index (κ1) is 9.51. The van der Waals surface area contributed by atoms with Crippen LogP contribution in [0.2, 0.25) is 0 Å². The summed E-state index contributed by atoms with van der Waals surface area (Å²) in [5.41, 5.74) is 0.312. The summed E-state index contributed by atoms with van der Waals surface area (Å²) in [6, 6.07) is 0. The maximum Gasteiger partial charge on any atom is 0.0652 e. The van der Waals surface area contributed by atoms with E-state index in [0.29, 0.717) is 5.41 Å². The topological polar surface area (TPSA) is 20.2 Å². The van der Waals surface area contributed by atoms with Crippen LogP contribution in [-0.4, -0.2) is 10.7 Å². The van der Waals surface area contributed by atoms with Crippen LogP contribution in [0.4, 0.5) is 0 Å². The van der Waals surface area contributed by atoms with Crippen molar-refractivity contribution in [2.45, 2.75) is 64.4 Å². The fraction of sp³-hybridized carbons (Fsp3) is 1.00. The Bertz CT molecular complexity index is 189. The zero-order valence-electron chi connectivity index (χ0n) is 8.97. The molecule has 2 rings (SSSR count). The number of aliphatic hydroxyl groups is 1. The van der Waals surface area contributed by atoms with Crippen LogP contribution in [0, 0.1) is 11.3 Å². The molecule has 1 N–H and O–H groups in total. The molecule has 1 nitrogen and oxygen atoms in total. The molecule has 0 aromatic rings. The van der Waals surface area contributed by atoms with Gasteiger partial charge in [0.05, 0.1) is 5.60 Å². The lowest BCUT2D eigenvalue weighted by Gasteiger charge is -2.36. The normalized spacial score (nSPS) is 35.8. The molecule has 0 heterocycles. The summed E-state index contributed by atoms with van der Waals surface area (Å²) < 4.78 is 0. The van der Waals surface area contributed by atoms with Crippen LogP contribution in [0.1, 0.15) is 58.8 Å². The molecular formula is C12H22O. The van der Waals surface area contributed by atoms with Gasteiger partial charge in [0.2, 0.25) is 0 Å². The van der Waals surface area contributed by atoms with Crippen LogP contribution in [0.5, 0.6) is 0 Å². The van der Waals surface area contributed by atoms with E-state index >= 15 is 0 Å². The third kappa shape index (κ3) is 2.46. The van der Waals surface area contributed by atoms with Crippen molar-refractivity contribution < 1.29 is 5.11 Å². The first-order valence-electron chi connectivity index (χ1n) is 5.72. The summed E-state index contributed by atoms with van der Waals surface area (Å²) in [7, 11) is 0. The van der Waals surface area contributed by atoms with E-state index in [2.05, 4.69) is 13.8 Å². The number of hydrogen-bond acceptors (Lipinski definition) is 1. The molecule has 0 amide bonds. The molecule has 1 heteroatoms. The van der Waals surface area contributed by atoms with Crippen LogP contribution < -0.4 is 0 Å². The number of hydrogen-bond donors (Lipinski definition) is 1. The van der Waals surface area contributed by atoms with Crippen molar-refractivity contribution in [3.8, 4) is 0 Å². The van der Waals surface area contributed by atoms with Crippen LogP contribution in [-0.2, 0) is 0 Å². The minimum atomic E-state index is -0.224. The fourth-order valence-corrected chi connectivity index (χ4v) is 2.91. The van der Waals surface area contributed by atoms with Crippen molar-refractivity contribution in [3.63, 3.8) is 0 Å². The van der Waals surface area contributed by atoms with Crippen LogP contribution in [0.15, 0.2) is 0 Å².